The van der Waals surface area contributed by atoms with Gasteiger partial charge < -0.3 is 14.6 Å². The SMILES string of the molecule is COc1cccc(C(=O)N2CCc3c([nH]c4ccccc34)[C@@H]2c2ccc(Cl)cc2)c1. The first-order chi connectivity index (χ1) is 14.7. The van der Waals surface area contributed by atoms with E-state index in [0.717, 1.165) is 23.2 Å². The average Bonchev–Trinajstić information content (AvgIpc) is 3.17. The van der Waals surface area contributed by atoms with Crippen molar-refractivity contribution >= 4 is 28.4 Å². The van der Waals surface area contributed by atoms with E-state index in [2.05, 4.69) is 23.2 Å². The number of rotatable bonds is 3. The zero-order valence-electron chi connectivity index (χ0n) is 16.6. The smallest absolute Gasteiger partial charge is 0.254 e. The molecule has 0 bridgehead atoms. The number of nitrogens with one attached hydrogen (secondary N) is 1. The Morgan fingerprint density at radius 2 is 1.87 bits per heavy atom. The number of hydrogen-bond acceptors (Lipinski definition) is 2. The number of ether oxygens (including phenoxy) is 1. The molecule has 1 amide bonds. The molecule has 1 aliphatic heterocycles. The highest BCUT2D eigenvalue weighted by atomic mass is 35.5. The molecule has 0 aliphatic carbocycles. The molecule has 30 heavy (non-hydrogen) atoms. The van der Waals surface area contributed by atoms with Gasteiger partial charge in [0.05, 0.1) is 13.2 Å². The third kappa shape index (κ3) is 3.14. The van der Waals surface area contributed by atoms with E-state index in [1.54, 1.807) is 13.2 Å². The summed E-state index contributed by atoms with van der Waals surface area (Å²) in [5.74, 6) is 0.658. The summed E-state index contributed by atoms with van der Waals surface area (Å²) in [6.07, 6.45) is 0.805. The Morgan fingerprint density at radius 1 is 1.07 bits per heavy atom. The number of aromatic amines is 1. The van der Waals surface area contributed by atoms with Crippen molar-refractivity contribution in [3.8, 4) is 5.75 Å². The summed E-state index contributed by atoms with van der Waals surface area (Å²) in [7, 11) is 1.61. The molecule has 3 aromatic carbocycles. The Balaban J connectivity index is 1.64. The van der Waals surface area contributed by atoms with Gasteiger partial charge in [-0.25, -0.2) is 0 Å². The molecule has 1 aliphatic rings. The fourth-order valence-corrected chi connectivity index (χ4v) is 4.50. The molecule has 0 saturated heterocycles. The standard InChI is InChI=1S/C25H21ClN2O2/c1-30-19-6-4-5-17(15-19)25(29)28-14-13-21-20-7-2-3-8-22(20)27-23(21)24(28)16-9-11-18(26)12-10-16/h2-12,15,24,27H,13-14H2,1H3/t24-/m0/s1. The van der Waals surface area contributed by atoms with Crippen LogP contribution in [0.4, 0.5) is 0 Å². The van der Waals surface area contributed by atoms with Crippen molar-refractivity contribution in [3.05, 3.63) is 100 Å². The van der Waals surface area contributed by atoms with Crippen LogP contribution in [0.5, 0.6) is 5.75 Å². The van der Waals surface area contributed by atoms with E-state index in [4.69, 9.17) is 16.3 Å². The van der Waals surface area contributed by atoms with Gasteiger partial charge in [-0.3, -0.25) is 4.79 Å². The molecule has 2 heterocycles. The summed E-state index contributed by atoms with van der Waals surface area (Å²) in [5, 5.41) is 1.90. The Kier molecular flexibility index (Phi) is 4.72. The highest BCUT2D eigenvalue weighted by Gasteiger charge is 2.35. The topological polar surface area (TPSA) is 45.3 Å². The quantitative estimate of drug-likeness (QED) is 0.471. The predicted molar refractivity (Wildman–Crippen MR) is 119 cm³/mol. The normalized spacial score (nSPS) is 15.8. The molecule has 5 rings (SSSR count). The Hall–Kier alpha value is -3.24. The lowest BCUT2D eigenvalue weighted by Gasteiger charge is -2.36. The number of H-pyrrole nitrogens is 1. The summed E-state index contributed by atoms with van der Waals surface area (Å²) in [6, 6.07) is 23.2. The van der Waals surface area contributed by atoms with E-state index in [-0.39, 0.29) is 11.9 Å². The highest BCUT2D eigenvalue weighted by Crippen LogP contribution is 2.39. The Labute approximate surface area is 180 Å². The number of methoxy groups -OCH3 is 1. The van der Waals surface area contributed by atoms with Gasteiger partial charge >= 0.3 is 0 Å². The van der Waals surface area contributed by atoms with Crippen LogP contribution in [0.1, 0.15) is 33.2 Å². The number of hydrogen-bond donors (Lipinski definition) is 1. The molecule has 1 N–H and O–H groups in total. The number of nitrogens with zero attached hydrogens (tertiary/aromatic N) is 1. The second kappa shape index (κ2) is 7.54. The molecule has 0 radical (unpaired) electrons. The monoisotopic (exact) mass is 416 g/mol. The molecule has 0 spiro atoms. The van der Waals surface area contributed by atoms with E-state index in [0.29, 0.717) is 22.9 Å². The average molecular weight is 417 g/mol. The van der Waals surface area contributed by atoms with Crippen LogP contribution in [-0.4, -0.2) is 29.4 Å². The molecule has 1 aromatic heterocycles. The van der Waals surface area contributed by atoms with Crippen molar-refractivity contribution < 1.29 is 9.53 Å². The summed E-state index contributed by atoms with van der Waals surface area (Å²) < 4.78 is 5.32. The maximum Gasteiger partial charge on any atom is 0.254 e. The van der Waals surface area contributed by atoms with Gasteiger partial charge in [0.25, 0.3) is 5.91 Å². The van der Waals surface area contributed by atoms with E-state index in [1.165, 1.54) is 10.9 Å². The molecule has 0 unspecified atom stereocenters. The van der Waals surface area contributed by atoms with Gasteiger partial charge in [0.2, 0.25) is 0 Å². The lowest BCUT2D eigenvalue weighted by Crippen LogP contribution is -2.40. The van der Waals surface area contributed by atoms with Crippen LogP contribution in [0.25, 0.3) is 10.9 Å². The summed E-state index contributed by atoms with van der Waals surface area (Å²) in [6.45, 7) is 0.637. The summed E-state index contributed by atoms with van der Waals surface area (Å²) in [5.41, 5.74) is 5.09. The minimum atomic E-state index is -0.211. The van der Waals surface area contributed by atoms with Crippen molar-refractivity contribution in [2.24, 2.45) is 0 Å². The molecule has 1 atom stereocenters. The third-order valence-electron chi connectivity index (χ3n) is 5.80. The zero-order chi connectivity index (χ0) is 20.7. The number of amides is 1. The number of benzene rings is 3. The minimum absolute atomic E-state index is 0.0156. The van der Waals surface area contributed by atoms with E-state index in [9.17, 15) is 4.79 Å². The second-order valence-corrected chi connectivity index (χ2v) is 7.93. The maximum absolute atomic E-state index is 13.6. The number of fused-ring (bicyclic) bond motifs is 3. The van der Waals surface area contributed by atoms with Crippen molar-refractivity contribution in [2.75, 3.05) is 13.7 Å². The van der Waals surface area contributed by atoms with E-state index < -0.39 is 0 Å². The molecular formula is C25H21ClN2O2. The van der Waals surface area contributed by atoms with Crippen molar-refractivity contribution in [3.63, 3.8) is 0 Å². The van der Waals surface area contributed by atoms with Crippen LogP contribution in [-0.2, 0) is 6.42 Å². The number of carbonyl (C=O) groups excluding carboxylic acids is 1. The first-order valence-corrected chi connectivity index (χ1v) is 10.3. The van der Waals surface area contributed by atoms with Crippen molar-refractivity contribution in [2.45, 2.75) is 12.5 Å². The van der Waals surface area contributed by atoms with Gasteiger partial charge in [-0.05, 0) is 53.9 Å². The van der Waals surface area contributed by atoms with E-state index >= 15 is 0 Å². The fraction of sp³-hybridized carbons (Fsp3) is 0.160. The van der Waals surface area contributed by atoms with Crippen LogP contribution < -0.4 is 4.74 Å². The van der Waals surface area contributed by atoms with Crippen molar-refractivity contribution in [1.82, 2.24) is 9.88 Å². The first kappa shape index (κ1) is 18.8. The molecule has 4 nitrogen and oxygen atoms in total. The number of carbonyl (C=O) groups is 1. The number of halogens is 1. The maximum atomic E-state index is 13.6. The molecular weight excluding hydrogens is 396 g/mol. The Bertz CT molecular complexity index is 1230. The van der Waals surface area contributed by atoms with Gasteiger partial charge in [-0.2, -0.15) is 0 Å². The van der Waals surface area contributed by atoms with Gasteiger partial charge in [0.1, 0.15) is 5.75 Å². The van der Waals surface area contributed by atoms with Crippen LogP contribution in [0.15, 0.2) is 72.8 Å². The first-order valence-electron chi connectivity index (χ1n) is 9.95. The van der Waals surface area contributed by atoms with Crippen LogP contribution in [0.3, 0.4) is 0 Å². The lowest BCUT2D eigenvalue weighted by atomic mass is 9.91. The molecule has 5 heteroatoms. The van der Waals surface area contributed by atoms with Gasteiger partial charge in [0.15, 0.2) is 0 Å². The summed E-state index contributed by atoms with van der Waals surface area (Å²) >= 11 is 6.14. The van der Waals surface area contributed by atoms with Gasteiger partial charge in [0, 0.05) is 33.7 Å². The van der Waals surface area contributed by atoms with Crippen LogP contribution >= 0.6 is 11.6 Å². The fourth-order valence-electron chi connectivity index (χ4n) is 4.37. The van der Waals surface area contributed by atoms with Crippen LogP contribution in [0.2, 0.25) is 5.02 Å². The Morgan fingerprint density at radius 3 is 2.67 bits per heavy atom. The van der Waals surface area contributed by atoms with Gasteiger partial charge in [-0.15, -0.1) is 0 Å². The van der Waals surface area contributed by atoms with Crippen LogP contribution in [0, 0.1) is 0 Å². The van der Waals surface area contributed by atoms with Gasteiger partial charge in [-0.1, -0.05) is 48.0 Å². The minimum Gasteiger partial charge on any atom is -0.497 e. The largest absolute Gasteiger partial charge is 0.497 e. The highest BCUT2D eigenvalue weighted by molar-refractivity contribution is 6.30. The molecule has 0 saturated carbocycles. The van der Waals surface area contributed by atoms with E-state index in [1.807, 2.05) is 53.4 Å². The molecule has 0 fully saturated rings. The number of para-hydroxylation sites is 1. The third-order valence-corrected chi connectivity index (χ3v) is 6.05. The second-order valence-electron chi connectivity index (χ2n) is 7.50. The molecule has 4 aromatic rings. The summed E-state index contributed by atoms with van der Waals surface area (Å²) in [4.78, 5) is 19.1. The predicted octanol–water partition coefficient (Wildman–Crippen LogP) is 5.62. The zero-order valence-corrected chi connectivity index (χ0v) is 17.3. The number of aromatic nitrogens is 1. The molecule has 150 valence electrons. The lowest BCUT2D eigenvalue weighted by molar-refractivity contribution is 0.0691. The van der Waals surface area contributed by atoms with Crippen molar-refractivity contribution in [1.29, 1.82) is 0 Å².